The highest BCUT2D eigenvalue weighted by atomic mass is 16.5. The van der Waals surface area contributed by atoms with Gasteiger partial charge < -0.3 is 15.0 Å². The second kappa shape index (κ2) is 6.92. The number of fused-ring (bicyclic) bond motifs is 1. The molecule has 1 atom stereocenters. The van der Waals surface area contributed by atoms with Crippen LogP contribution in [0.3, 0.4) is 0 Å². The Kier molecular flexibility index (Phi) is 4.73. The fraction of sp³-hybridized carbons (Fsp3) is 0.529. The van der Waals surface area contributed by atoms with E-state index in [1.54, 1.807) is 0 Å². The molecule has 2 aliphatic heterocycles. The molecule has 1 saturated heterocycles. The molecular weight excluding hydrogens is 280 g/mol. The molecule has 1 N–H and O–H groups in total. The van der Waals surface area contributed by atoms with Gasteiger partial charge in [-0.05, 0) is 30.4 Å². The first kappa shape index (κ1) is 15.0. The van der Waals surface area contributed by atoms with Crippen molar-refractivity contribution in [3.05, 3.63) is 35.4 Å². The Morgan fingerprint density at radius 2 is 2.09 bits per heavy atom. The summed E-state index contributed by atoms with van der Waals surface area (Å²) in [4.78, 5) is 25.9. The summed E-state index contributed by atoms with van der Waals surface area (Å²) >= 11 is 0. The summed E-state index contributed by atoms with van der Waals surface area (Å²) < 4.78 is 5.32. The Balaban J connectivity index is 1.44. The summed E-state index contributed by atoms with van der Waals surface area (Å²) in [6.45, 7) is 2.48. The lowest BCUT2D eigenvalue weighted by Crippen LogP contribution is -2.39. The van der Waals surface area contributed by atoms with Crippen LogP contribution in [0.4, 0.5) is 0 Å². The predicted octanol–water partition coefficient (Wildman–Crippen LogP) is 1.26. The average molecular weight is 302 g/mol. The fourth-order valence-corrected chi connectivity index (χ4v) is 3.06. The molecular formula is C17H22N2O3. The minimum Gasteiger partial charge on any atom is -0.368 e. The van der Waals surface area contributed by atoms with Crippen molar-refractivity contribution in [2.75, 3.05) is 19.7 Å². The smallest absolute Gasteiger partial charge is 0.249 e. The molecule has 1 aromatic rings. The van der Waals surface area contributed by atoms with Gasteiger partial charge in [0.1, 0.15) is 6.10 Å². The van der Waals surface area contributed by atoms with E-state index in [4.69, 9.17) is 4.74 Å². The standard InChI is InChI=1S/C17H22N2O3/c20-16(7-9-18-17(21)15-6-3-11-22-15)19-10-8-13-4-1-2-5-14(13)12-19/h1-2,4-5,15H,3,6-12H2,(H,18,21). The van der Waals surface area contributed by atoms with Crippen molar-refractivity contribution in [2.24, 2.45) is 0 Å². The van der Waals surface area contributed by atoms with E-state index in [1.807, 2.05) is 17.0 Å². The predicted molar refractivity (Wildman–Crippen MR) is 82.2 cm³/mol. The lowest BCUT2D eigenvalue weighted by Gasteiger charge is -2.29. The molecule has 2 amide bonds. The first-order valence-corrected chi connectivity index (χ1v) is 7.98. The van der Waals surface area contributed by atoms with Gasteiger partial charge >= 0.3 is 0 Å². The Labute approximate surface area is 130 Å². The molecule has 0 saturated carbocycles. The summed E-state index contributed by atoms with van der Waals surface area (Å²) in [5.74, 6) is 0.0106. The number of hydrogen-bond acceptors (Lipinski definition) is 3. The molecule has 118 valence electrons. The van der Waals surface area contributed by atoms with Gasteiger partial charge in [-0.2, -0.15) is 0 Å². The van der Waals surface area contributed by atoms with Crippen LogP contribution in [0.5, 0.6) is 0 Å². The van der Waals surface area contributed by atoms with E-state index in [2.05, 4.69) is 17.4 Å². The summed E-state index contributed by atoms with van der Waals surface area (Å²) in [6, 6.07) is 8.25. The van der Waals surface area contributed by atoms with Crippen LogP contribution in [-0.2, 0) is 27.3 Å². The van der Waals surface area contributed by atoms with Crippen LogP contribution in [0.15, 0.2) is 24.3 Å². The van der Waals surface area contributed by atoms with Gasteiger partial charge in [-0.3, -0.25) is 9.59 Å². The normalized spacial score (nSPS) is 20.5. The number of carbonyl (C=O) groups is 2. The molecule has 2 aliphatic rings. The van der Waals surface area contributed by atoms with Crippen molar-refractivity contribution in [1.29, 1.82) is 0 Å². The lowest BCUT2D eigenvalue weighted by atomic mass is 10.00. The number of rotatable bonds is 4. The fourth-order valence-electron chi connectivity index (χ4n) is 3.06. The number of hydrogen-bond donors (Lipinski definition) is 1. The zero-order valence-electron chi connectivity index (χ0n) is 12.7. The maximum Gasteiger partial charge on any atom is 0.249 e. The van der Waals surface area contributed by atoms with E-state index < -0.39 is 0 Å². The largest absolute Gasteiger partial charge is 0.368 e. The van der Waals surface area contributed by atoms with E-state index in [1.165, 1.54) is 11.1 Å². The van der Waals surface area contributed by atoms with Gasteiger partial charge in [0.05, 0.1) is 0 Å². The first-order chi connectivity index (χ1) is 10.7. The maximum absolute atomic E-state index is 12.3. The summed E-state index contributed by atoms with van der Waals surface area (Å²) in [5, 5.41) is 2.80. The summed E-state index contributed by atoms with van der Waals surface area (Å²) in [5.41, 5.74) is 2.56. The van der Waals surface area contributed by atoms with Gasteiger partial charge in [-0.1, -0.05) is 24.3 Å². The minimum absolute atomic E-state index is 0.0886. The zero-order chi connectivity index (χ0) is 15.4. The van der Waals surface area contributed by atoms with Gasteiger partial charge in [0.15, 0.2) is 0 Å². The van der Waals surface area contributed by atoms with Crippen molar-refractivity contribution in [3.8, 4) is 0 Å². The number of amides is 2. The quantitative estimate of drug-likeness (QED) is 0.911. The van der Waals surface area contributed by atoms with Crippen LogP contribution < -0.4 is 5.32 Å². The van der Waals surface area contributed by atoms with Crippen LogP contribution >= 0.6 is 0 Å². The van der Waals surface area contributed by atoms with Gasteiger partial charge in [-0.25, -0.2) is 0 Å². The third kappa shape index (κ3) is 3.47. The lowest BCUT2D eigenvalue weighted by molar-refractivity contribution is -0.132. The van der Waals surface area contributed by atoms with E-state index in [0.717, 1.165) is 25.8 Å². The van der Waals surface area contributed by atoms with Gasteiger partial charge in [0.25, 0.3) is 0 Å². The van der Waals surface area contributed by atoms with Crippen molar-refractivity contribution in [1.82, 2.24) is 10.2 Å². The Bertz CT molecular complexity index is 553. The molecule has 1 fully saturated rings. The van der Waals surface area contributed by atoms with Crippen LogP contribution in [0.2, 0.25) is 0 Å². The van der Waals surface area contributed by atoms with Crippen LogP contribution in [-0.4, -0.2) is 42.5 Å². The molecule has 22 heavy (non-hydrogen) atoms. The molecule has 3 rings (SSSR count). The van der Waals surface area contributed by atoms with Crippen molar-refractivity contribution >= 4 is 11.8 Å². The average Bonchev–Trinajstić information content (AvgIpc) is 3.08. The SMILES string of the molecule is O=C(NCCC(=O)N1CCc2ccccc2C1)C1CCCO1. The number of carbonyl (C=O) groups excluding carboxylic acids is 2. The van der Waals surface area contributed by atoms with E-state index in [9.17, 15) is 9.59 Å². The Morgan fingerprint density at radius 1 is 1.27 bits per heavy atom. The van der Waals surface area contributed by atoms with Crippen LogP contribution in [0.25, 0.3) is 0 Å². The molecule has 5 nitrogen and oxygen atoms in total. The number of nitrogens with one attached hydrogen (secondary N) is 1. The Hall–Kier alpha value is -1.88. The third-order valence-corrected chi connectivity index (χ3v) is 4.34. The monoisotopic (exact) mass is 302 g/mol. The molecule has 0 aliphatic carbocycles. The second-order valence-corrected chi connectivity index (χ2v) is 5.88. The number of nitrogens with zero attached hydrogens (tertiary/aromatic N) is 1. The molecule has 5 heteroatoms. The molecule has 0 spiro atoms. The van der Waals surface area contributed by atoms with Crippen molar-refractivity contribution in [2.45, 2.75) is 38.3 Å². The van der Waals surface area contributed by atoms with Gasteiger partial charge in [-0.15, -0.1) is 0 Å². The number of benzene rings is 1. The minimum atomic E-state index is -0.322. The van der Waals surface area contributed by atoms with Crippen LogP contribution in [0.1, 0.15) is 30.4 Å². The van der Waals surface area contributed by atoms with Crippen molar-refractivity contribution < 1.29 is 14.3 Å². The van der Waals surface area contributed by atoms with Crippen LogP contribution in [0, 0.1) is 0 Å². The van der Waals surface area contributed by atoms with Gasteiger partial charge in [0.2, 0.25) is 11.8 Å². The van der Waals surface area contributed by atoms with Gasteiger partial charge in [0, 0.05) is 32.7 Å². The summed E-state index contributed by atoms with van der Waals surface area (Å²) in [7, 11) is 0. The third-order valence-electron chi connectivity index (χ3n) is 4.34. The van der Waals surface area contributed by atoms with E-state index in [0.29, 0.717) is 26.1 Å². The number of ether oxygens (including phenoxy) is 1. The molecule has 1 unspecified atom stereocenters. The maximum atomic E-state index is 12.3. The molecule has 0 aromatic heterocycles. The second-order valence-electron chi connectivity index (χ2n) is 5.88. The van der Waals surface area contributed by atoms with E-state index in [-0.39, 0.29) is 17.9 Å². The highest BCUT2D eigenvalue weighted by Crippen LogP contribution is 2.18. The highest BCUT2D eigenvalue weighted by molar-refractivity contribution is 5.82. The molecule has 0 bridgehead atoms. The molecule has 1 aromatic carbocycles. The van der Waals surface area contributed by atoms with E-state index >= 15 is 0 Å². The highest BCUT2D eigenvalue weighted by Gasteiger charge is 2.24. The molecule has 2 heterocycles. The van der Waals surface area contributed by atoms with Crippen molar-refractivity contribution in [3.63, 3.8) is 0 Å². The summed E-state index contributed by atoms with van der Waals surface area (Å²) in [6.07, 6.45) is 2.65. The topological polar surface area (TPSA) is 58.6 Å². The zero-order valence-corrected chi connectivity index (χ0v) is 12.7. The Morgan fingerprint density at radius 3 is 2.86 bits per heavy atom. The molecule has 0 radical (unpaired) electrons. The first-order valence-electron chi connectivity index (χ1n) is 7.98.